The number of amides is 3. The van der Waals surface area contributed by atoms with Gasteiger partial charge in [0.2, 0.25) is 17.7 Å². The van der Waals surface area contributed by atoms with Crippen LogP contribution in [0, 0.1) is 5.92 Å². The van der Waals surface area contributed by atoms with Crippen LogP contribution >= 0.6 is 46.3 Å². The topological polar surface area (TPSA) is 97.7 Å². The highest BCUT2D eigenvalue weighted by Crippen LogP contribution is 2.54. The minimum absolute atomic E-state index is 0.283. The number of benzene rings is 3. The summed E-state index contributed by atoms with van der Waals surface area (Å²) >= 11 is 14.2. The number of halogens is 2. The molecule has 0 radical (unpaired) electrons. The van der Waals surface area contributed by atoms with Crippen LogP contribution in [0.5, 0.6) is 5.75 Å². The van der Waals surface area contributed by atoms with Crippen molar-refractivity contribution in [3.8, 4) is 5.75 Å². The van der Waals surface area contributed by atoms with Gasteiger partial charge in [-0.15, -0.1) is 0 Å². The summed E-state index contributed by atoms with van der Waals surface area (Å²) < 4.78 is 6.68. The van der Waals surface area contributed by atoms with E-state index in [4.69, 9.17) is 27.9 Å². The number of imide groups is 1. The number of hydrogen-bond acceptors (Lipinski definition) is 7. The number of para-hydroxylation sites is 1. The van der Waals surface area contributed by atoms with Crippen molar-refractivity contribution in [2.24, 2.45) is 5.92 Å². The molecule has 1 saturated heterocycles. The molecule has 3 aromatic carbocycles. The first-order chi connectivity index (χ1) is 19.8. The molecule has 2 aliphatic heterocycles. The molecule has 6 rings (SSSR count). The molecule has 3 amide bonds. The van der Waals surface area contributed by atoms with E-state index in [-0.39, 0.29) is 28.3 Å². The van der Waals surface area contributed by atoms with Gasteiger partial charge >= 0.3 is 4.87 Å². The standard InChI is InChI=1S/C29H21Cl2N3O5S2/c1-39-18-10-7-15(8-11-18)22-23-24(27(37)34(26(23)36)17-5-3-2-4-6-17)40-28-25(22)41-29(38)33(28)14-21(35)32-16-9-12-19(30)20(31)13-16/h2-13,22-24H,14H2,1H3,(H,32,35). The number of rotatable bonds is 6. The van der Waals surface area contributed by atoms with Crippen LogP contribution in [-0.2, 0) is 20.9 Å². The van der Waals surface area contributed by atoms with Gasteiger partial charge in [-0.1, -0.05) is 76.6 Å². The van der Waals surface area contributed by atoms with Crippen LogP contribution in [-0.4, -0.2) is 34.6 Å². The number of methoxy groups -OCH3 is 1. The molecule has 1 N–H and O–H groups in total. The Morgan fingerprint density at radius 2 is 1.68 bits per heavy atom. The van der Waals surface area contributed by atoms with Crippen molar-refractivity contribution < 1.29 is 19.1 Å². The highest BCUT2D eigenvalue weighted by molar-refractivity contribution is 8.00. The second-order valence-electron chi connectivity index (χ2n) is 9.46. The summed E-state index contributed by atoms with van der Waals surface area (Å²) in [6, 6.07) is 20.7. The van der Waals surface area contributed by atoms with Gasteiger partial charge in [0.1, 0.15) is 17.5 Å². The van der Waals surface area contributed by atoms with Crippen molar-refractivity contribution in [3.05, 3.63) is 103 Å². The number of anilines is 2. The number of nitrogens with zero attached hydrogens (tertiary/aromatic N) is 2. The lowest BCUT2D eigenvalue weighted by Crippen LogP contribution is -2.33. The Kier molecular flexibility index (Phi) is 7.41. The fourth-order valence-electron chi connectivity index (χ4n) is 5.18. The third-order valence-electron chi connectivity index (χ3n) is 7.04. The molecule has 41 heavy (non-hydrogen) atoms. The zero-order valence-corrected chi connectivity index (χ0v) is 24.5. The van der Waals surface area contributed by atoms with Crippen LogP contribution < -0.4 is 19.8 Å². The van der Waals surface area contributed by atoms with Gasteiger partial charge in [-0.3, -0.25) is 23.7 Å². The Morgan fingerprint density at radius 3 is 2.37 bits per heavy atom. The summed E-state index contributed by atoms with van der Waals surface area (Å²) in [6.07, 6.45) is 0. The maximum Gasteiger partial charge on any atom is 0.308 e. The lowest BCUT2D eigenvalue weighted by molar-refractivity contribution is -0.122. The molecule has 208 valence electrons. The number of carbonyl (C=O) groups is 3. The van der Waals surface area contributed by atoms with Gasteiger partial charge in [0.15, 0.2) is 0 Å². The summed E-state index contributed by atoms with van der Waals surface area (Å²) in [4.78, 5) is 55.5. The van der Waals surface area contributed by atoms with E-state index < -0.39 is 23.0 Å². The molecule has 2 aliphatic rings. The Morgan fingerprint density at radius 1 is 0.951 bits per heavy atom. The van der Waals surface area contributed by atoms with Gasteiger partial charge in [-0.2, -0.15) is 0 Å². The lowest BCUT2D eigenvalue weighted by atomic mass is 9.83. The van der Waals surface area contributed by atoms with E-state index in [1.807, 2.05) is 18.2 Å². The van der Waals surface area contributed by atoms with E-state index in [0.29, 0.717) is 32.1 Å². The Balaban J connectivity index is 1.40. The number of carbonyl (C=O) groups excluding carboxylic acids is 3. The number of nitrogens with one attached hydrogen (secondary N) is 1. The fraction of sp³-hybridized carbons (Fsp3) is 0.172. The molecule has 12 heteroatoms. The van der Waals surface area contributed by atoms with Crippen molar-refractivity contribution in [1.29, 1.82) is 0 Å². The highest BCUT2D eigenvalue weighted by atomic mass is 35.5. The van der Waals surface area contributed by atoms with Gasteiger partial charge in [0, 0.05) is 16.5 Å². The van der Waals surface area contributed by atoms with Gasteiger partial charge < -0.3 is 10.1 Å². The molecule has 1 aromatic heterocycles. The number of ether oxygens (including phenoxy) is 1. The lowest BCUT2D eigenvalue weighted by Gasteiger charge is -2.30. The van der Waals surface area contributed by atoms with Gasteiger partial charge in [-0.05, 0) is 48.0 Å². The molecule has 3 unspecified atom stereocenters. The van der Waals surface area contributed by atoms with Crippen molar-refractivity contribution in [2.45, 2.75) is 22.7 Å². The Labute approximate surface area is 252 Å². The second kappa shape index (κ2) is 11.0. The molecule has 3 heterocycles. The zero-order chi connectivity index (χ0) is 28.8. The van der Waals surface area contributed by atoms with E-state index >= 15 is 0 Å². The number of fused-ring (bicyclic) bond motifs is 2. The monoisotopic (exact) mass is 625 g/mol. The van der Waals surface area contributed by atoms with Crippen LogP contribution in [0.25, 0.3) is 0 Å². The second-order valence-corrected chi connectivity index (χ2v) is 12.4. The van der Waals surface area contributed by atoms with Crippen LogP contribution in [0.2, 0.25) is 10.0 Å². The number of thioether (sulfide) groups is 1. The van der Waals surface area contributed by atoms with Crippen LogP contribution in [0.3, 0.4) is 0 Å². The molecule has 4 aromatic rings. The fourth-order valence-corrected chi connectivity index (χ4v) is 8.25. The quantitative estimate of drug-likeness (QED) is 0.278. The van der Waals surface area contributed by atoms with Crippen LogP contribution in [0.4, 0.5) is 11.4 Å². The van der Waals surface area contributed by atoms with Gasteiger partial charge in [-0.25, -0.2) is 4.90 Å². The number of aromatic nitrogens is 1. The van der Waals surface area contributed by atoms with E-state index in [9.17, 15) is 19.2 Å². The normalized spacial score (nSPS) is 19.6. The van der Waals surface area contributed by atoms with Crippen LogP contribution in [0.1, 0.15) is 16.4 Å². The first kappa shape index (κ1) is 27.6. The van der Waals surface area contributed by atoms with Crippen molar-refractivity contribution in [1.82, 2.24) is 4.57 Å². The number of thiazole rings is 1. The third-order valence-corrected chi connectivity index (χ3v) is 10.4. The van der Waals surface area contributed by atoms with Crippen LogP contribution in [0.15, 0.2) is 82.6 Å². The SMILES string of the molecule is COc1ccc(C2c3sc(=O)n(CC(=O)Nc4ccc(Cl)c(Cl)c4)c3SC3C(=O)N(c4ccccc4)C(=O)C32)cc1. The summed E-state index contributed by atoms with van der Waals surface area (Å²) in [5.41, 5.74) is 1.69. The molecule has 3 atom stereocenters. The minimum atomic E-state index is -0.777. The molecular weight excluding hydrogens is 605 g/mol. The maximum absolute atomic E-state index is 13.9. The molecule has 0 bridgehead atoms. The minimum Gasteiger partial charge on any atom is -0.497 e. The van der Waals surface area contributed by atoms with Gasteiger partial charge in [0.05, 0.1) is 33.8 Å². The van der Waals surface area contributed by atoms with Crippen molar-refractivity contribution in [2.75, 3.05) is 17.3 Å². The van der Waals surface area contributed by atoms with Crippen molar-refractivity contribution >= 4 is 75.4 Å². The Hall–Kier alpha value is -3.57. The predicted octanol–water partition coefficient (Wildman–Crippen LogP) is 5.66. The third kappa shape index (κ3) is 4.95. The number of hydrogen-bond donors (Lipinski definition) is 1. The summed E-state index contributed by atoms with van der Waals surface area (Å²) in [5, 5.41) is 3.10. The molecule has 8 nitrogen and oxygen atoms in total. The predicted molar refractivity (Wildman–Crippen MR) is 161 cm³/mol. The summed E-state index contributed by atoms with van der Waals surface area (Å²) in [7, 11) is 1.56. The van der Waals surface area contributed by atoms with E-state index in [1.54, 1.807) is 55.6 Å². The summed E-state index contributed by atoms with van der Waals surface area (Å²) in [5.74, 6) is -1.79. The average molecular weight is 627 g/mol. The molecular formula is C29H21Cl2N3O5S2. The molecule has 0 saturated carbocycles. The van der Waals surface area contributed by atoms with Gasteiger partial charge in [0.25, 0.3) is 0 Å². The highest BCUT2D eigenvalue weighted by Gasteiger charge is 2.56. The van der Waals surface area contributed by atoms with E-state index in [1.165, 1.54) is 15.5 Å². The molecule has 0 spiro atoms. The van der Waals surface area contributed by atoms with Crippen molar-refractivity contribution in [3.63, 3.8) is 0 Å². The maximum atomic E-state index is 13.9. The van der Waals surface area contributed by atoms with E-state index in [2.05, 4.69) is 5.32 Å². The first-order valence-electron chi connectivity index (χ1n) is 12.5. The zero-order valence-electron chi connectivity index (χ0n) is 21.4. The largest absolute Gasteiger partial charge is 0.497 e. The molecule has 0 aliphatic carbocycles. The van der Waals surface area contributed by atoms with E-state index in [0.717, 1.165) is 28.7 Å². The Bertz CT molecular complexity index is 1740. The first-order valence-corrected chi connectivity index (χ1v) is 14.9. The summed E-state index contributed by atoms with van der Waals surface area (Å²) in [6.45, 7) is -0.283. The smallest absolute Gasteiger partial charge is 0.308 e. The molecule has 1 fully saturated rings. The average Bonchev–Trinajstić information content (AvgIpc) is 3.41.